The largest absolute Gasteiger partial charge is 0.306 e. The van der Waals surface area contributed by atoms with Gasteiger partial charge in [-0.2, -0.15) is 0 Å². The molecule has 1 aromatic carbocycles. The molecule has 1 heterocycles. The van der Waals surface area contributed by atoms with Gasteiger partial charge < -0.3 is 10.2 Å². The van der Waals surface area contributed by atoms with Crippen LogP contribution in [0.5, 0.6) is 0 Å². The molecule has 20 heavy (non-hydrogen) atoms. The van der Waals surface area contributed by atoms with Gasteiger partial charge in [0.15, 0.2) is 23.3 Å². The molecule has 1 N–H and O–H groups in total. The highest BCUT2D eigenvalue weighted by Gasteiger charge is 2.39. The van der Waals surface area contributed by atoms with E-state index in [9.17, 15) is 22.4 Å². The van der Waals surface area contributed by atoms with Crippen molar-refractivity contribution < 1.29 is 22.4 Å². The molecule has 1 unspecified atom stereocenters. The average Bonchev–Trinajstić information content (AvgIpc) is 3.15. The lowest BCUT2D eigenvalue weighted by molar-refractivity contribution is -0.118. The zero-order chi connectivity index (χ0) is 14.4. The summed E-state index contributed by atoms with van der Waals surface area (Å²) in [5.74, 6) is -6.65. The van der Waals surface area contributed by atoms with Gasteiger partial charge in [0.2, 0.25) is 5.91 Å². The third kappa shape index (κ3) is 2.15. The Kier molecular flexibility index (Phi) is 3.16. The minimum absolute atomic E-state index is 0.0277. The molecule has 7 heteroatoms. The summed E-state index contributed by atoms with van der Waals surface area (Å²) >= 11 is 0. The molecule has 0 aromatic heterocycles. The van der Waals surface area contributed by atoms with Crippen LogP contribution in [0.2, 0.25) is 0 Å². The Bertz CT molecular complexity index is 548. The van der Waals surface area contributed by atoms with Gasteiger partial charge in [-0.1, -0.05) is 0 Å². The lowest BCUT2D eigenvalue weighted by atomic mass is 10.2. The van der Waals surface area contributed by atoms with Gasteiger partial charge in [-0.25, -0.2) is 17.6 Å². The molecule has 108 valence electrons. The van der Waals surface area contributed by atoms with Gasteiger partial charge in [0.25, 0.3) is 0 Å². The van der Waals surface area contributed by atoms with E-state index in [-0.39, 0.29) is 18.7 Å². The molecule has 0 spiro atoms. The number of halogens is 4. The van der Waals surface area contributed by atoms with Crippen LogP contribution in [0.15, 0.2) is 6.07 Å². The van der Waals surface area contributed by atoms with Crippen LogP contribution in [0, 0.1) is 23.3 Å². The molecule has 0 radical (unpaired) electrons. The maximum absolute atomic E-state index is 13.7. The van der Waals surface area contributed by atoms with Gasteiger partial charge in [0.05, 0.1) is 6.04 Å². The van der Waals surface area contributed by atoms with E-state index in [0.29, 0.717) is 6.42 Å². The van der Waals surface area contributed by atoms with Gasteiger partial charge in [0, 0.05) is 18.7 Å². The molecule has 1 aliphatic carbocycles. The Hall–Kier alpha value is -1.63. The molecular formula is C13H12F4N2O. The predicted octanol–water partition coefficient (Wildman–Crippen LogP) is 2.10. The maximum atomic E-state index is 13.7. The maximum Gasteiger partial charge on any atom is 0.244 e. The van der Waals surface area contributed by atoms with Crippen LogP contribution in [-0.2, 0) is 4.79 Å². The summed E-state index contributed by atoms with van der Waals surface area (Å²) in [6, 6.07) is -0.162. The second-order valence-corrected chi connectivity index (χ2v) is 5.09. The van der Waals surface area contributed by atoms with Gasteiger partial charge in [-0.15, -0.1) is 0 Å². The standard InChI is InChI=1S/C13H12F4N2O/c14-7-5-8(15)11(17)12(10(7)16)19-4-3-9(13(19)20)18-6-1-2-6/h5-6,9,18H,1-4H2. The van der Waals surface area contributed by atoms with Crippen molar-refractivity contribution in [3.05, 3.63) is 29.3 Å². The van der Waals surface area contributed by atoms with Crippen LogP contribution in [0.3, 0.4) is 0 Å². The van der Waals surface area contributed by atoms with E-state index in [2.05, 4.69) is 5.32 Å². The molecule has 2 aliphatic rings. The third-order valence-corrected chi connectivity index (χ3v) is 3.58. The van der Waals surface area contributed by atoms with Crippen molar-refractivity contribution in [2.45, 2.75) is 31.3 Å². The van der Waals surface area contributed by atoms with Crippen molar-refractivity contribution in [3.8, 4) is 0 Å². The van der Waals surface area contributed by atoms with Gasteiger partial charge in [-0.05, 0) is 19.3 Å². The van der Waals surface area contributed by atoms with Crippen LogP contribution >= 0.6 is 0 Å². The Labute approximate surface area is 112 Å². The number of hydrogen-bond donors (Lipinski definition) is 1. The fourth-order valence-electron chi connectivity index (χ4n) is 2.39. The Morgan fingerprint density at radius 1 is 1.05 bits per heavy atom. The quantitative estimate of drug-likeness (QED) is 0.682. The first-order valence-corrected chi connectivity index (χ1v) is 6.39. The van der Waals surface area contributed by atoms with Crippen molar-refractivity contribution in [2.24, 2.45) is 0 Å². The van der Waals surface area contributed by atoms with Crippen LogP contribution in [0.4, 0.5) is 23.2 Å². The van der Waals surface area contributed by atoms with E-state index in [0.717, 1.165) is 17.7 Å². The fraction of sp³-hybridized carbons (Fsp3) is 0.462. The summed E-state index contributed by atoms with van der Waals surface area (Å²) < 4.78 is 53.7. The highest BCUT2D eigenvalue weighted by molar-refractivity contribution is 5.99. The average molecular weight is 288 g/mol. The van der Waals surface area contributed by atoms with Crippen LogP contribution in [0.25, 0.3) is 0 Å². The molecule has 1 saturated carbocycles. The van der Waals surface area contributed by atoms with Crippen LogP contribution in [-0.4, -0.2) is 24.5 Å². The minimum Gasteiger partial charge on any atom is -0.306 e. The van der Waals surface area contributed by atoms with E-state index < -0.39 is 40.9 Å². The number of hydrogen-bond acceptors (Lipinski definition) is 2. The highest BCUT2D eigenvalue weighted by Crippen LogP contribution is 2.32. The topological polar surface area (TPSA) is 32.3 Å². The molecule has 1 atom stereocenters. The summed E-state index contributed by atoms with van der Waals surface area (Å²) in [6.07, 6.45) is 2.27. The van der Waals surface area contributed by atoms with E-state index in [1.165, 1.54) is 0 Å². The third-order valence-electron chi connectivity index (χ3n) is 3.58. The van der Waals surface area contributed by atoms with E-state index >= 15 is 0 Å². The zero-order valence-corrected chi connectivity index (χ0v) is 10.4. The summed E-state index contributed by atoms with van der Waals surface area (Å²) in [7, 11) is 0. The number of rotatable bonds is 3. The van der Waals surface area contributed by atoms with Crippen molar-refractivity contribution in [1.82, 2.24) is 5.32 Å². The molecule has 3 nitrogen and oxygen atoms in total. The summed E-state index contributed by atoms with van der Waals surface area (Å²) in [6.45, 7) is 0.0277. The van der Waals surface area contributed by atoms with Crippen LogP contribution < -0.4 is 10.2 Å². The van der Waals surface area contributed by atoms with Gasteiger partial charge >= 0.3 is 0 Å². The highest BCUT2D eigenvalue weighted by atomic mass is 19.2. The number of anilines is 1. The van der Waals surface area contributed by atoms with Gasteiger partial charge in [-0.3, -0.25) is 4.79 Å². The van der Waals surface area contributed by atoms with Crippen molar-refractivity contribution in [2.75, 3.05) is 11.4 Å². The minimum atomic E-state index is -1.54. The second-order valence-electron chi connectivity index (χ2n) is 5.09. The van der Waals surface area contributed by atoms with Gasteiger partial charge in [0.1, 0.15) is 5.69 Å². The number of nitrogens with one attached hydrogen (secondary N) is 1. The van der Waals surface area contributed by atoms with E-state index in [4.69, 9.17) is 0 Å². The normalized spacial score (nSPS) is 22.7. The van der Waals surface area contributed by atoms with Crippen molar-refractivity contribution in [3.63, 3.8) is 0 Å². The molecule has 1 aliphatic heterocycles. The van der Waals surface area contributed by atoms with E-state index in [1.54, 1.807) is 0 Å². The molecule has 1 saturated heterocycles. The number of carbonyl (C=O) groups is 1. The first kappa shape index (κ1) is 13.4. The first-order valence-electron chi connectivity index (χ1n) is 6.39. The van der Waals surface area contributed by atoms with Crippen molar-refractivity contribution in [1.29, 1.82) is 0 Å². The summed E-state index contributed by atoms with van der Waals surface area (Å²) in [5.41, 5.74) is -0.937. The summed E-state index contributed by atoms with van der Waals surface area (Å²) in [5, 5.41) is 3.05. The fourth-order valence-corrected chi connectivity index (χ4v) is 2.39. The molecular weight excluding hydrogens is 276 g/mol. The monoisotopic (exact) mass is 288 g/mol. The first-order chi connectivity index (χ1) is 9.49. The second kappa shape index (κ2) is 4.73. The van der Waals surface area contributed by atoms with E-state index in [1.807, 2.05) is 0 Å². The molecule has 1 amide bonds. The number of nitrogens with zero attached hydrogens (tertiary/aromatic N) is 1. The molecule has 3 rings (SSSR count). The molecule has 2 fully saturated rings. The zero-order valence-electron chi connectivity index (χ0n) is 10.4. The number of carbonyl (C=O) groups excluding carboxylic acids is 1. The van der Waals surface area contributed by atoms with Crippen molar-refractivity contribution >= 4 is 11.6 Å². The molecule has 0 bridgehead atoms. The Balaban J connectivity index is 1.91. The Morgan fingerprint density at radius 3 is 2.20 bits per heavy atom. The predicted molar refractivity (Wildman–Crippen MR) is 63.2 cm³/mol. The number of benzene rings is 1. The lowest BCUT2D eigenvalue weighted by Gasteiger charge is -2.19. The Morgan fingerprint density at radius 2 is 1.65 bits per heavy atom. The number of amides is 1. The van der Waals surface area contributed by atoms with Crippen LogP contribution in [0.1, 0.15) is 19.3 Å². The summed E-state index contributed by atoms with van der Waals surface area (Å²) in [4.78, 5) is 12.9. The SMILES string of the molecule is O=C1C(NC2CC2)CCN1c1c(F)c(F)cc(F)c1F. The lowest BCUT2D eigenvalue weighted by Crippen LogP contribution is -2.40. The molecule has 1 aromatic rings. The smallest absolute Gasteiger partial charge is 0.244 e.